The number of oxime groups is 1. The molecule has 2 aromatic carbocycles. The molecule has 0 amide bonds. The van der Waals surface area contributed by atoms with E-state index in [9.17, 15) is 32.6 Å². The van der Waals surface area contributed by atoms with Crippen LogP contribution in [0.15, 0.2) is 53.0 Å². The summed E-state index contributed by atoms with van der Waals surface area (Å²) in [6, 6.07) is 7.84. The van der Waals surface area contributed by atoms with Gasteiger partial charge < -0.3 is 14.1 Å². The normalized spacial score (nSPS) is 12.6. The average molecular weight is 591 g/mol. The number of carbonyl (C=O) groups excluding carboxylic acids is 1. The van der Waals surface area contributed by atoms with Crippen molar-refractivity contribution >= 4 is 53.6 Å². The van der Waals surface area contributed by atoms with E-state index in [0.29, 0.717) is 16.5 Å². The number of esters is 1. The summed E-state index contributed by atoms with van der Waals surface area (Å²) in [4.78, 5) is 23.6. The molecule has 0 radical (unpaired) electrons. The summed E-state index contributed by atoms with van der Waals surface area (Å²) in [6.45, 7) is 3.28. The molecular formula is C23H19ClF3N2O7PS. The van der Waals surface area contributed by atoms with Gasteiger partial charge in [-0.25, -0.2) is 4.79 Å². The van der Waals surface area contributed by atoms with Gasteiger partial charge in [-0.05, 0) is 43.0 Å². The molecule has 1 heterocycles. The highest BCUT2D eigenvalue weighted by Crippen LogP contribution is 2.39. The molecule has 1 atom stereocenters. The highest BCUT2D eigenvalue weighted by molar-refractivity contribution is 7.48. The van der Waals surface area contributed by atoms with Gasteiger partial charge in [0.05, 0.1) is 27.0 Å². The lowest BCUT2D eigenvalue weighted by Gasteiger charge is -2.14. The molecular weight excluding hydrogens is 572 g/mol. The van der Waals surface area contributed by atoms with Crippen molar-refractivity contribution in [3.63, 3.8) is 0 Å². The monoisotopic (exact) mass is 590 g/mol. The Morgan fingerprint density at radius 2 is 1.92 bits per heavy atom. The topological polar surface area (TPSA) is 117 Å². The van der Waals surface area contributed by atoms with Crippen LogP contribution in [0.25, 0.3) is 0 Å². The van der Waals surface area contributed by atoms with Gasteiger partial charge in [0.1, 0.15) is 16.8 Å². The number of thiophene rings is 1. The van der Waals surface area contributed by atoms with Crippen LogP contribution in [0.3, 0.4) is 0 Å². The molecule has 38 heavy (non-hydrogen) atoms. The maximum Gasteiger partial charge on any atom is 0.416 e. The molecule has 0 saturated carbocycles. The number of nitro benzene ring substituents is 1. The van der Waals surface area contributed by atoms with Gasteiger partial charge in [-0.2, -0.15) is 13.2 Å². The van der Waals surface area contributed by atoms with E-state index in [1.165, 1.54) is 0 Å². The van der Waals surface area contributed by atoms with Crippen LogP contribution in [0.1, 0.15) is 29.9 Å². The van der Waals surface area contributed by atoms with E-state index in [4.69, 9.17) is 25.7 Å². The van der Waals surface area contributed by atoms with Crippen molar-refractivity contribution in [1.82, 2.24) is 0 Å². The molecule has 0 aliphatic carbocycles. The predicted octanol–water partition coefficient (Wildman–Crippen LogP) is 6.77. The predicted molar refractivity (Wildman–Crippen MR) is 136 cm³/mol. The number of aryl methyl sites for hydroxylation is 1. The van der Waals surface area contributed by atoms with E-state index in [0.717, 1.165) is 35.6 Å². The first kappa shape index (κ1) is 29.2. The summed E-state index contributed by atoms with van der Waals surface area (Å²) in [7, 11) is -3.49. The quantitative estimate of drug-likeness (QED) is 0.0841. The van der Waals surface area contributed by atoms with Crippen LogP contribution >= 0.6 is 31.0 Å². The smallest absolute Gasteiger partial charge is 0.416 e. The highest BCUT2D eigenvalue weighted by atomic mass is 35.5. The maximum atomic E-state index is 13.0. The number of benzene rings is 2. The van der Waals surface area contributed by atoms with E-state index < -0.39 is 41.7 Å². The SMILES string of the molecule is CCOC(=O)C(=NO[PH](=O)c1cc(Oc2ccc(C(F)(F)F)cc2Cl)c(CC)cc1[N+](=O)[O-])c1cccs1. The van der Waals surface area contributed by atoms with Crippen LogP contribution in [-0.4, -0.2) is 23.2 Å². The van der Waals surface area contributed by atoms with Gasteiger partial charge in [-0.1, -0.05) is 29.7 Å². The second-order valence-corrected chi connectivity index (χ2v) is 10.0. The van der Waals surface area contributed by atoms with Gasteiger partial charge >= 0.3 is 12.1 Å². The maximum absolute atomic E-state index is 13.0. The van der Waals surface area contributed by atoms with Crippen molar-refractivity contribution in [3.8, 4) is 11.5 Å². The molecule has 9 nitrogen and oxygen atoms in total. The molecule has 0 aliphatic heterocycles. The number of nitrogens with zero attached hydrogens (tertiary/aromatic N) is 2. The van der Waals surface area contributed by atoms with Crippen molar-refractivity contribution in [2.75, 3.05) is 6.61 Å². The average Bonchev–Trinajstić information content (AvgIpc) is 3.39. The Bertz CT molecular complexity index is 1400. The second kappa shape index (κ2) is 12.4. The molecule has 15 heteroatoms. The number of hydrogen-bond donors (Lipinski definition) is 0. The van der Waals surface area contributed by atoms with Crippen LogP contribution in [0.4, 0.5) is 18.9 Å². The Labute approximate surface area is 223 Å². The van der Waals surface area contributed by atoms with Crippen molar-refractivity contribution < 1.29 is 41.6 Å². The molecule has 3 rings (SSSR count). The van der Waals surface area contributed by atoms with Gasteiger partial charge in [-0.15, -0.1) is 11.3 Å². The van der Waals surface area contributed by atoms with Crippen molar-refractivity contribution in [2.24, 2.45) is 5.16 Å². The van der Waals surface area contributed by atoms with E-state index in [1.54, 1.807) is 31.4 Å². The van der Waals surface area contributed by atoms with Gasteiger partial charge in [-0.3, -0.25) is 14.7 Å². The molecule has 1 unspecified atom stereocenters. The van der Waals surface area contributed by atoms with Crippen LogP contribution in [-0.2, 0) is 31.3 Å². The molecule has 202 valence electrons. The van der Waals surface area contributed by atoms with Gasteiger partial charge in [0.15, 0.2) is 0 Å². The Morgan fingerprint density at radius 1 is 1.18 bits per heavy atom. The summed E-state index contributed by atoms with van der Waals surface area (Å²) >= 11 is 7.12. The first-order valence-corrected chi connectivity index (χ1v) is 13.4. The minimum Gasteiger partial charge on any atom is -0.461 e. The van der Waals surface area contributed by atoms with Gasteiger partial charge in [0.2, 0.25) is 5.71 Å². The van der Waals surface area contributed by atoms with Crippen molar-refractivity contribution in [2.45, 2.75) is 26.4 Å². The molecule has 0 aliphatic rings. The number of ether oxygens (including phenoxy) is 2. The van der Waals surface area contributed by atoms with Gasteiger partial charge in [0.25, 0.3) is 13.7 Å². The lowest BCUT2D eigenvalue weighted by Crippen LogP contribution is -2.18. The third-order valence-electron chi connectivity index (χ3n) is 4.90. The number of halogens is 4. The number of nitro groups is 1. The zero-order valence-electron chi connectivity index (χ0n) is 19.7. The molecule has 0 bridgehead atoms. The fourth-order valence-corrected chi connectivity index (χ4v) is 4.91. The Kier molecular flexibility index (Phi) is 9.53. The summed E-state index contributed by atoms with van der Waals surface area (Å²) in [5.41, 5.74) is -1.53. The van der Waals surface area contributed by atoms with Gasteiger partial charge in [0, 0.05) is 17.7 Å². The lowest BCUT2D eigenvalue weighted by atomic mass is 10.1. The molecule has 0 N–H and O–H groups in total. The molecule has 0 fully saturated rings. The van der Waals surface area contributed by atoms with Crippen molar-refractivity contribution in [3.05, 3.63) is 79.0 Å². The fraction of sp³-hybridized carbons (Fsp3) is 0.217. The standard InChI is InChI=1S/C23H19ClF3N2O7PS/c1-3-13-10-16(29(31)32)19(12-18(13)35-17-8-7-14(11-15(17)24)23(25,26)27)37(33)36-28-21(22(30)34-4-2)20-6-5-9-38-20/h5-12,37H,3-4H2,1-2H3. The van der Waals surface area contributed by atoms with E-state index >= 15 is 0 Å². The van der Waals surface area contributed by atoms with Crippen LogP contribution < -0.4 is 10.0 Å². The second-order valence-electron chi connectivity index (χ2n) is 7.35. The Balaban J connectivity index is 2.00. The minimum absolute atomic E-state index is 0.0373. The third-order valence-corrected chi connectivity index (χ3v) is 7.17. The Hall–Kier alpha value is -3.41. The van der Waals surface area contributed by atoms with E-state index in [1.807, 2.05) is 0 Å². The zero-order chi connectivity index (χ0) is 28.0. The largest absolute Gasteiger partial charge is 0.461 e. The zero-order valence-corrected chi connectivity index (χ0v) is 22.3. The first-order valence-electron chi connectivity index (χ1n) is 10.8. The van der Waals surface area contributed by atoms with Crippen molar-refractivity contribution in [1.29, 1.82) is 0 Å². The number of alkyl halides is 3. The minimum atomic E-state index is -4.62. The van der Waals surface area contributed by atoms with Crippen LogP contribution in [0.2, 0.25) is 5.02 Å². The molecule has 1 aromatic heterocycles. The highest BCUT2D eigenvalue weighted by Gasteiger charge is 2.31. The van der Waals surface area contributed by atoms with E-state index in [-0.39, 0.29) is 35.3 Å². The molecule has 0 saturated heterocycles. The fourth-order valence-electron chi connectivity index (χ4n) is 3.11. The first-order chi connectivity index (χ1) is 18.0. The Morgan fingerprint density at radius 3 is 2.47 bits per heavy atom. The summed E-state index contributed by atoms with van der Waals surface area (Å²) in [5.74, 6) is -1.04. The number of carbonyl (C=O) groups is 1. The number of rotatable bonds is 10. The summed E-state index contributed by atoms with van der Waals surface area (Å²) in [5, 5.41) is 16.3. The summed E-state index contributed by atoms with van der Waals surface area (Å²) in [6.07, 6.45) is -4.40. The molecule has 0 spiro atoms. The summed E-state index contributed by atoms with van der Waals surface area (Å²) < 4.78 is 67.6. The van der Waals surface area contributed by atoms with Crippen LogP contribution in [0, 0.1) is 10.1 Å². The van der Waals surface area contributed by atoms with E-state index in [2.05, 4.69) is 5.16 Å². The third kappa shape index (κ3) is 6.91. The molecule has 3 aromatic rings. The van der Waals surface area contributed by atoms with Crippen LogP contribution in [0.5, 0.6) is 11.5 Å². The number of hydrogen-bond acceptors (Lipinski definition) is 9. The lowest BCUT2D eigenvalue weighted by molar-refractivity contribution is -0.383.